The lowest BCUT2D eigenvalue weighted by atomic mass is 9.95. The Balaban J connectivity index is 2.02. The quantitative estimate of drug-likeness (QED) is 0.841. The molecule has 0 aliphatic heterocycles. The van der Waals surface area contributed by atoms with Gasteiger partial charge < -0.3 is 10.6 Å². The molecule has 1 fully saturated rings. The highest BCUT2D eigenvalue weighted by Crippen LogP contribution is 2.21. The van der Waals surface area contributed by atoms with E-state index in [1.54, 1.807) is 13.2 Å². The van der Waals surface area contributed by atoms with E-state index in [4.69, 9.17) is 0 Å². The van der Waals surface area contributed by atoms with Gasteiger partial charge in [-0.1, -0.05) is 19.3 Å². The summed E-state index contributed by atoms with van der Waals surface area (Å²) in [5, 5.41) is 6.06. The van der Waals surface area contributed by atoms with Gasteiger partial charge in [-0.3, -0.25) is 9.78 Å². The van der Waals surface area contributed by atoms with E-state index in [1.807, 2.05) is 12.1 Å². The predicted octanol–water partition coefficient (Wildman–Crippen LogP) is 2.19. The first-order valence-electron chi connectivity index (χ1n) is 6.24. The molecule has 1 heterocycles. The smallest absolute Gasteiger partial charge is 0.269 e. The van der Waals surface area contributed by atoms with E-state index >= 15 is 0 Å². The van der Waals surface area contributed by atoms with Gasteiger partial charge in [0.15, 0.2) is 0 Å². The van der Waals surface area contributed by atoms with Gasteiger partial charge in [-0.25, -0.2) is 0 Å². The van der Waals surface area contributed by atoms with Gasteiger partial charge in [0.05, 0.1) is 0 Å². The van der Waals surface area contributed by atoms with Crippen molar-refractivity contribution in [3.63, 3.8) is 0 Å². The molecule has 92 valence electrons. The molecule has 0 unspecified atom stereocenters. The lowest BCUT2D eigenvalue weighted by molar-refractivity contribution is 0.0958. The van der Waals surface area contributed by atoms with Crippen molar-refractivity contribution in [3.8, 4) is 0 Å². The zero-order chi connectivity index (χ0) is 12.1. The van der Waals surface area contributed by atoms with Gasteiger partial charge in [-0.2, -0.15) is 0 Å². The molecule has 0 aromatic carbocycles. The molecule has 17 heavy (non-hydrogen) atoms. The summed E-state index contributed by atoms with van der Waals surface area (Å²) in [5.41, 5.74) is 1.46. The van der Waals surface area contributed by atoms with Crippen molar-refractivity contribution in [1.82, 2.24) is 10.3 Å². The Labute approximate surface area is 102 Å². The van der Waals surface area contributed by atoms with Gasteiger partial charge >= 0.3 is 0 Å². The molecule has 1 aliphatic rings. The Morgan fingerprint density at radius 1 is 1.35 bits per heavy atom. The minimum Gasteiger partial charge on any atom is -0.382 e. The van der Waals surface area contributed by atoms with Crippen molar-refractivity contribution < 1.29 is 4.79 Å². The summed E-state index contributed by atoms with van der Waals surface area (Å²) in [4.78, 5) is 15.5. The average molecular weight is 233 g/mol. The van der Waals surface area contributed by atoms with Crippen LogP contribution in [-0.2, 0) is 0 Å². The van der Waals surface area contributed by atoms with Crippen LogP contribution in [0.15, 0.2) is 18.3 Å². The van der Waals surface area contributed by atoms with Crippen LogP contribution in [-0.4, -0.2) is 24.0 Å². The summed E-state index contributed by atoms with van der Waals surface area (Å²) in [7, 11) is 1.62. The molecule has 0 atom stereocenters. The van der Waals surface area contributed by atoms with E-state index in [9.17, 15) is 4.79 Å². The number of hydrogen-bond donors (Lipinski definition) is 2. The second kappa shape index (κ2) is 5.66. The third-order valence-corrected chi connectivity index (χ3v) is 3.20. The summed E-state index contributed by atoms with van der Waals surface area (Å²) in [6, 6.07) is 4.28. The number of carbonyl (C=O) groups excluding carboxylic acids is 1. The summed E-state index contributed by atoms with van der Waals surface area (Å²) < 4.78 is 0. The zero-order valence-electron chi connectivity index (χ0n) is 10.2. The predicted molar refractivity (Wildman–Crippen MR) is 68.1 cm³/mol. The van der Waals surface area contributed by atoms with Crippen molar-refractivity contribution in [2.45, 2.75) is 38.1 Å². The van der Waals surface area contributed by atoms with Gasteiger partial charge in [-0.05, 0) is 25.0 Å². The van der Waals surface area contributed by atoms with E-state index in [2.05, 4.69) is 15.6 Å². The topological polar surface area (TPSA) is 54.0 Å². The van der Waals surface area contributed by atoms with E-state index < -0.39 is 0 Å². The molecular formula is C13H19N3O. The molecule has 4 heteroatoms. The third-order valence-electron chi connectivity index (χ3n) is 3.20. The second-order valence-electron chi connectivity index (χ2n) is 4.49. The molecular weight excluding hydrogens is 214 g/mol. The number of nitrogens with zero attached hydrogens (tertiary/aromatic N) is 1. The first-order valence-corrected chi connectivity index (χ1v) is 6.24. The fraction of sp³-hybridized carbons (Fsp3) is 0.538. The Kier molecular flexibility index (Phi) is 3.96. The highest BCUT2D eigenvalue weighted by molar-refractivity contribution is 5.92. The van der Waals surface area contributed by atoms with E-state index in [0.717, 1.165) is 5.69 Å². The summed E-state index contributed by atoms with van der Waals surface area (Å²) >= 11 is 0. The molecule has 1 aliphatic carbocycles. The number of aromatic nitrogens is 1. The molecule has 1 aromatic heterocycles. The van der Waals surface area contributed by atoms with Crippen molar-refractivity contribution >= 4 is 11.6 Å². The summed E-state index contributed by atoms with van der Waals surface area (Å²) in [5.74, 6) is -0.141. The van der Waals surface area contributed by atoms with Crippen LogP contribution < -0.4 is 10.6 Å². The molecule has 0 bridgehead atoms. The van der Waals surface area contributed by atoms with Crippen LogP contribution in [0.4, 0.5) is 5.69 Å². The van der Waals surface area contributed by atoms with Crippen LogP contribution in [0.2, 0.25) is 0 Å². The fourth-order valence-corrected chi connectivity index (χ4v) is 2.26. The maximum atomic E-state index is 11.5. The number of amides is 1. The van der Waals surface area contributed by atoms with E-state index in [-0.39, 0.29) is 5.91 Å². The molecule has 2 N–H and O–H groups in total. The fourth-order valence-electron chi connectivity index (χ4n) is 2.26. The van der Waals surface area contributed by atoms with E-state index in [1.165, 1.54) is 32.1 Å². The zero-order valence-corrected chi connectivity index (χ0v) is 10.2. The number of carbonyl (C=O) groups is 1. The number of anilines is 1. The van der Waals surface area contributed by atoms with Crippen molar-refractivity contribution in [2.24, 2.45) is 0 Å². The lowest BCUT2D eigenvalue weighted by Gasteiger charge is -2.23. The first-order chi connectivity index (χ1) is 8.29. The maximum Gasteiger partial charge on any atom is 0.269 e. The molecule has 1 aromatic rings. The highest BCUT2D eigenvalue weighted by Gasteiger charge is 2.13. The Bertz CT molecular complexity index is 386. The van der Waals surface area contributed by atoms with Crippen molar-refractivity contribution in [3.05, 3.63) is 24.0 Å². The minimum absolute atomic E-state index is 0.141. The van der Waals surface area contributed by atoms with Crippen LogP contribution in [0.3, 0.4) is 0 Å². The molecule has 2 rings (SSSR count). The van der Waals surface area contributed by atoms with Gasteiger partial charge in [0.25, 0.3) is 5.91 Å². The highest BCUT2D eigenvalue weighted by atomic mass is 16.1. The Hall–Kier alpha value is -1.58. The molecule has 4 nitrogen and oxygen atoms in total. The maximum absolute atomic E-state index is 11.5. The van der Waals surface area contributed by atoms with Gasteiger partial charge in [0.1, 0.15) is 5.69 Å². The number of pyridine rings is 1. The van der Waals surface area contributed by atoms with E-state index in [0.29, 0.717) is 11.7 Å². The summed E-state index contributed by atoms with van der Waals surface area (Å²) in [6.45, 7) is 0. The molecule has 1 saturated carbocycles. The van der Waals surface area contributed by atoms with Crippen LogP contribution in [0, 0.1) is 0 Å². The molecule has 0 saturated heterocycles. The number of nitrogens with one attached hydrogen (secondary N) is 2. The van der Waals surface area contributed by atoms with Gasteiger partial charge in [0.2, 0.25) is 0 Å². The standard InChI is InChI=1S/C13H19N3O/c1-14-13(17)12-9-11(7-8-15-12)16-10-5-3-2-4-6-10/h7-10H,2-6H2,1H3,(H,14,17)(H,15,16). The molecule has 1 amide bonds. The number of hydrogen-bond acceptors (Lipinski definition) is 3. The van der Waals surface area contributed by atoms with Crippen molar-refractivity contribution in [2.75, 3.05) is 12.4 Å². The lowest BCUT2D eigenvalue weighted by Crippen LogP contribution is -2.23. The van der Waals surface area contributed by atoms with Crippen LogP contribution in [0.5, 0.6) is 0 Å². The SMILES string of the molecule is CNC(=O)c1cc(NC2CCCCC2)ccn1. The monoisotopic (exact) mass is 233 g/mol. The number of rotatable bonds is 3. The minimum atomic E-state index is -0.141. The normalized spacial score (nSPS) is 16.5. The van der Waals surface area contributed by atoms with Crippen LogP contribution >= 0.6 is 0 Å². The van der Waals surface area contributed by atoms with Crippen LogP contribution in [0.25, 0.3) is 0 Å². The Morgan fingerprint density at radius 2 is 2.12 bits per heavy atom. The third kappa shape index (κ3) is 3.19. The van der Waals surface area contributed by atoms with Gasteiger partial charge in [-0.15, -0.1) is 0 Å². The summed E-state index contributed by atoms with van der Waals surface area (Å²) in [6.07, 6.45) is 8.05. The average Bonchev–Trinajstić information content (AvgIpc) is 2.39. The molecule has 0 spiro atoms. The second-order valence-corrected chi connectivity index (χ2v) is 4.49. The Morgan fingerprint density at radius 3 is 2.82 bits per heavy atom. The van der Waals surface area contributed by atoms with Gasteiger partial charge in [0, 0.05) is 25.0 Å². The van der Waals surface area contributed by atoms with Crippen molar-refractivity contribution in [1.29, 1.82) is 0 Å². The van der Waals surface area contributed by atoms with Crippen LogP contribution in [0.1, 0.15) is 42.6 Å². The first kappa shape index (κ1) is 11.9. The largest absolute Gasteiger partial charge is 0.382 e. The molecule has 0 radical (unpaired) electrons.